The standard InChI is InChI=1S/C37H47N4P/c1-9-21-22(10-2)30-18-32-24(12-4)26(14-6)34-20-36-28(16-8)27(15-7)35(41(36)42)19-33-25(13-5)23(11-3)31-17-29(21)38(30)37(39(31)33)40(32)34/h17-20,37H,9-16,42H2,1-8H3. The van der Waals surface area contributed by atoms with Crippen LogP contribution < -0.4 is 21.4 Å². The van der Waals surface area contributed by atoms with Crippen molar-refractivity contribution in [2.24, 2.45) is 0 Å². The van der Waals surface area contributed by atoms with Crippen molar-refractivity contribution in [3.8, 4) is 0 Å². The predicted molar refractivity (Wildman–Crippen MR) is 180 cm³/mol. The molecule has 0 aromatic carbocycles. The molecule has 0 fully saturated rings. The van der Waals surface area contributed by atoms with E-state index in [1.807, 2.05) is 0 Å². The maximum Gasteiger partial charge on any atom is 0.194 e. The Hall–Kier alpha value is -2.97. The van der Waals surface area contributed by atoms with Gasteiger partial charge in [-0.15, -0.1) is 0 Å². The Kier molecular flexibility index (Phi) is 6.66. The molecule has 3 aliphatic heterocycles. The van der Waals surface area contributed by atoms with E-state index < -0.39 is 0 Å². The van der Waals surface area contributed by atoms with Crippen LogP contribution in [0.5, 0.6) is 0 Å². The first-order valence-corrected chi connectivity index (χ1v) is 17.1. The second-order valence-electron chi connectivity index (χ2n) is 12.1. The Bertz CT molecular complexity index is 1890. The number of hydrogen-bond acceptors (Lipinski definition) is 0. The van der Waals surface area contributed by atoms with E-state index in [0.29, 0.717) is 0 Å². The van der Waals surface area contributed by atoms with Crippen LogP contribution in [-0.2, 0) is 51.4 Å². The van der Waals surface area contributed by atoms with E-state index in [1.165, 1.54) is 88.7 Å². The summed E-state index contributed by atoms with van der Waals surface area (Å²) in [5.74, 6) is 0. The minimum absolute atomic E-state index is 0.0566. The molecule has 0 saturated heterocycles. The highest BCUT2D eigenvalue weighted by Gasteiger charge is 2.36. The van der Waals surface area contributed by atoms with Gasteiger partial charge in [-0.3, -0.25) is 0 Å². The van der Waals surface area contributed by atoms with Gasteiger partial charge in [0.15, 0.2) is 6.29 Å². The fourth-order valence-corrected chi connectivity index (χ4v) is 9.40. The van der Waals surface area contributed by atoms with Gasteiger partial charge in [-0.05, 0) is 130 Å². The first-order valence-electron chi connectivity index (χ1n) is 16.6. The van der Waals surface area contributed by atoms with Crippen molar-refractivity contribution in [3.63, 3.8) is 0 Å². The summed E-state index contributed by atoms with van der Waals surface area (Å²) in [7, 11) is 3.10. The molecule has 0 radical (unpaired) electrons. The Balaban J connectivity index is 1.84. The zero-order valence-corrected chi connectivity index (χ0v) is 28.1. The molecule has 220 valence electrons. The number of nitrogens with zero attached hydrogens (tertiary/aromatic N) is 4. The molecule has 1 unspecified atom stereocenters. The van der Waals surface area contributed by atoms with Crippen molar-refractivity contribution in [1.29, 1.82) is 0 Å². The van der Waals surface area contributed by atoms with Crippen LogP contribution in [-0.4, -0.2) is 18.0 Å². The van der Waals surface area contributed by atoms with Crippen LogP contribution in [0.3, 0.4) is 0 Å². The van der Waals surface area contributed by atoms with Crippen LogP contribution in [0.2, 0.25) is 0 Å². The van der Waals surface area contributed by atoms with Gasteiger partial charge >= 0.3 is 0 Å². The highest BCUT2D eigenvalue weighted by atomic mass is 31.0. The highest BCUT2D eigenvalue weighted by molar-refractivity contribution is 7.14. The Morgan fingerprint density at radius 3 is 0.952 bits per heavy atom. The minimum atomic E-state index is 0.0566. The van der Waals surface area contributed by atoms with Crippen molar-refractivity contribution in [2.75, 3.05) is 0 Å². The summed E-state index contributed by atoms with van der Waals surface area (Å²) in [5.41, 5.74) is 17.7. The Morgan fingerprint density at radius 2 is 0.667 bits per heavy atom. The highest BCUT2D eigenvalue weighted by Crippen LogP contribution is 2.35. The first kappa shape index (κ1) is 27.8. The van der Waals surface area contributed by atoms with E-state index in [4.69, 9.17) is 0 Å². The molecule has 4 nitrogen and oxygen atoms in total. The fourth-order valence-electron chi connectivity index (χ4n) is 8.94. The topological polar surface area (TPSA) is 19.7 Å². The van der Waals surface area contributed by atoms with Crippen LogP contribution >= 0.6 is 9.39 Å². The summed E-state index contributed by atoms with van der Waals surface area (Å²) < 4.78 is 10.6. The van der Waals surface area contributed by atoms with Gasteiger partial charge in [0.2, 0.25) is 0 Å². The lowest BCUT2D eigenvalue weighted by atomic mass is 10.0. The molecule has 0 amide bonds. The second kappa shape index (κ2) is 10.1. The van der Waals surface area contributed by atoms with Crippen LogP contribution in [0.1, 0.15) is 129 Å². The molecule has 0 N–H and O–H groups in total. The van der Waals surface area contributed by atoms with E-state index in [1.54, 1.807) is 0 Å². The largest absolute Gasteiger partial charge is 0.325 e. The lowest BCUT2D eigenvalue weighted by molar-refractivity contribution is 0.327. The maximum atomic E-state index is 3.10. The summed E-state index contributed by atoms with van der Waals surface area (Å²) in [5, 5.41) is 5.62. The molecule has 5 heteroatoms. The first-order chi connectivity index (χ1) is 20.4. The molecule has 7 rings (SSSR count). The summed E-state index contributed by atoms with van der Waals surface area (Å²) in [6.45, 7) is 18.8. The van der Waals surface area contributed by atoms with Crippen molar-refractivity contribution < 1.29 is 0 Å². The molecule has 2 bridgehead atoms. The van der Waals surface area contributed by atoms with Gasteiger partial charge in [0.05, 0.1) is 32.8 Å². The number of fused-ring (bicyclic) bond motifs is 2. The average molecular weight is 579 g/mol. The Labute approximate surface area is 253 Å². The average Bonchev–Trinajstić information content (AvgIpc) is 3.67. The zero-order valence-electron chi connectivity index (χ0n) is 26.9. The van der Waals surface area contributed by atoms with Crippen LogP contribution in [0, 0.1) is 0 Å². The number of hydrogen-bond donors (Lipinski definition) is 0. The zero-order chi connectivity index (χ0) is 29.6. The van der Waals surface area contributed by atoms with Crippen LogP contribution in [0.4, 0.5) is 0 Å². The molecule has 0 aliphatic carbocycles. The lowest BCUT2D eigenvalue weighted by Crippen LogP contribution is -2.51. The minimum Gasteiger partial charge on any atom is -0.325 e. The third-order valence-electron chi connectivity index (χ3n) is 10.6. The second-order valence-corrected chi connectivity index (χ2v) is 12.7. The summed E-state index contributed by atoms with van der Waals surface area (Å²) in [6, 6.07) is 0. The predicted octanol–water partition coefficient (Wildman–Crippen LogP) is 4.84. The van der Waals surface area contributed by atoms with Gasteiger partial charge in [-0.1, -0.05) is 55.4 Å². The molecule has 0 spiro atoms. The molecule has 7 heterocycles. The summed E-state index contributed by atoms with van der Waals surface area (Å²) >= 11 is 0. The normalized spacial score (nSPS) is 15.6. The molecule has 3 aliphatic rings. The van der Waals surface area contributed by atoms with Gasteiger partial charge in [0, 0.05) is 11.4 Å². The van der Waals surface area contributed by atoms with Crippen LogP contribution in [0.25, 0.3) is 24.3 Å². The van der Waals surface area contributed by atoms with E-state index in [0.717, 1.165) is 51.4 Å². The molecular weight excluding hydrogens is 531 g/mol. The monoisotopic (exact) mass is 578 g/mol. The van der Waals surface area contributed by atoms with Crippen LogP contribution in [0.15, 0.2) is 0 Å². The molecular formula is C37H47N4P. The quantitative estimate of drug-likeness (QED) is 0.230. The number of rotatable bonds is 8. The van der Waals surface area contributed by atoms with Crippen molar-refractivity contribution in [1.82, 2.24) is 18.0 Å². The van der Waals surface area contributed by atoms with Crippen molar-refractivity contribution in [3.05, 3.63) is 88.7 Å². The van der Waals surface area contributed by atoms with E-state index in [2.05, 4.69) is 107 Å². The van der Waals surface area contributed by atoms with E-state index >= 15 is 0 Å². The third kappa shape index (κ3) is 3.28. The van der Waals surface area contributed by atoms with E-state index in [-0.39, 0.29) is 6.29 Å². The molecule has 1 atom stereocenters. The van der Waals surface area contributed by atoms with Gasteiger partial charge in [0.25, 0.3) is 0 Å². The van der Waals surface area contributed by atoms with Crippen molar-refractivity contribution in [2.45, 2.75) is 113 Å². The summed E-state index contributed by atoms with van der Waals surface area (Å²) in [4.78, 5) is 0. The van der Waals surface area contributed by atoms with E-state index in [9.17, 15) is 0 Å². The van der Waals surface area contributed by atoms with Gasteiger partial charge < -0.3 is 18.0 Å². The molecule has 0 saturated carbocycles. The smallest absolute Gasteiger partial charge is 0.194 e. The Morgan fingerprint density at radius 1 is 0.405 bits per heavy atom. The lowest BCUT2D eigenvalue weighted by Gasteiger charge is -2.33. The van der Waals surface area contributed by atoms with Gasteiger partial charge in [-0.2, -0.15) is 0 Å². The summed E-state index contributed by atoms with van der Waals surface area (Å²) in [6.07, 6.45) is 18.6. The molecule has 4 aromatic heterocycles. The molecule has 42 heavy (non-hydrogen) atoms. The van der Waals surface area contributed by atoms with Crippen molar-refractivity contribution >= 4 is 33.7 Å². The maximum absolute atomic E-state index is 3.10. The van der Waals surface area contributed by atoms with Gasteiger partial charge in [-0.25, -0.2) is 0 Å². The van der Waals surface area contributed by atoms with Gasteiger partial charge in [0.1, 0.15) is 0 Å². The third-order valence-corrected chi connectivity index (χ3v) is 11.2. The SMILES string of the molecule is CCc1c(CC)c2n(P)c1C=c1c(CC)c(CC)c3n1C1n4c(c(CC)c(CC)c4C=c4c(CC)c(CC)c(n41)=C2)C=3. The number of aromatic nitrogens is 4. The molecule has 4 aromatic rings. The fraction of sp³-hybridized carbons (Fsp3) is 0.459.